The fourth-order valence-electron chi connectivity index (χ4n) is 0.715. The van der Waals surface area contributed by atoms with Crippen molar-refractivity contribution >= 4 is 12.1 Å². The highest BCUT2D eigenvalue weighted by Gasteiger charge is 1.95. The van der Waals surface area contributed by atoms with Crippen LogP contribution in [0.1, 0.15) is 32.6 Å². The molecule has 0 unspecified atom stereocenters. The van der Waals surface area contributed by atoms with Gasteiger partial charge in [0.1, 0.15) is 6.29 Å². The molecule has 0 N–H and O–H groups in total. The van der Waals surface area contributed by atoms with E-state index in [1.807, 2.05) is 0 Å². The second-order valence-corrected chi connectivity index (χ2v) is 2.21. The zero-order chi connectivity index (χ0) is 8.53. The molecular formula is C9H12O2. The normalized spacial score (nSPS) is 8.09. The minimum absolute atomic E-state index is 0.0293. The molecule has 2 heteroatoms. The smallest absolute Gasteiger partial charge is 0.205 e. The molecule has 11 heavy (non-hydrogen) atoms. The minimum Gasteiger partial charge on any atom is -0.303 e. The largest absolute Gasteiger partial charge is 0.303 e. The van der Waals surface area contributed by atoms with Crippen LogP contribution >= 0.6 is 0 Å². The lowest BCUT2D eigenvalue weighted by atomic mass is 10.1. The fourth-order valence-corrected chi connectivity index (χ4v) is 0.715. The first-order valence-electron chi connectivity index (χ1n) is 3.70. The lowest BCUT2D eigenvalue weighted by Crippen LogP contribution is -1.92. The molecule has 0 aromatic carbocycles. The van der Waals surface area contributed by atoms with Gasteiger partial charge >= 0.3 is 0 Å². The fraction of sp³-hybridized carbons (Fsp3) is 0.556. The molecule has 0 spiro atoms. The van der Waals surface area contributed by atoms with Crippen molar-refractivity contribution in [2.24, 2.45) is 0 Å². The van der Waals surface area contributed by atoms with Gasteiger partial charge in [-0.15, -0.1) is 0 Å². The molecule has 0 atom stereocenters. The van der Waals surface area contributed by atoms with E-state index in [9.17, 15) is 9.59 Å². The van der Waals surface area contributed by atoms with Crippen molar-refractivity contribution < 1.29 is 9.59 Å². The van der Waals surface area contributed by atoms with E-state index in [0.29, 0.717) is 12.8 Å². The van der Waals surface area contributed by atoms with Gasteiger partial charge in [0.25, 0.3) is 0 Å². The van der Waals surface area contributed by atoms with Crippen LogP contribution in [0.3, 0.4) is 0 Å². The molecular weight excluding hydrogens is 140 g/mol. The van der Waals surface area contributed by atoms with Crippen LogP contribution in [0.15, 0.2) is 0 Å². The van der Waals surface area contributed by atoms with Gasteiger partial charge in [0.15, 0.2) is 0 Å². The van der Waals surface area contributed by atoms with E-state index in [-0.39, 0.29) is 5.78 Å². The molecule has 0 bridgehead atoms. The summed E-state index contributed by atoms with van der Waals surface area (Å²) in [6.07, 6.45) is 3.46. The summed E-state index contributed by atoms with van der Waals surface area (Å²) >= 11 is 0. The molecule has 2 nitrogen and oxygen atoms in total. The summed E-state index contributed by atoms with van der Waals surface area (Å²) in [5, 5.41) is 0. The summed E-state index contributed by atoms with van der Waals surface area (Å²) in [6.45, 7) is 1.64. The summed E-state index contributed by atoms with van der Waals surface area (Å²) in [5.74, 6) is 4.96. The Hall–Kier alpha value is -1.10. The average Bonchev–Trinajstić information content (AvgIpc) is 1.99. The summed E-state index contributed by atoms with van der Waals surface area (Å²) in [7, 11) is 0. The number of ketones is 1. The summed E-state index contributed by atoms with van der Waals surface area (Å²) in [6, 6.07) is 0. The zero-order valence-electron chi connectivity index (χ0n) is 6.72. The highest BCUT2D eigenvalue weighted by Crippen LogP contribution is 1.97. The van der Waals surface area contributed by atoms with E-state index in [1.54, 1.807) is 6.92 Å². The maximum absolute atomic E-state index is 10.7. The van der Waals surface area contributed by atoms with Crippen molar-refractivity contribution in [3.05, 3.63) is 0 Å². The number of carbonyl (C=O) groups is 2. The Balaban J connectivity index is 3.29. The molecule has 60 valence electrons. The molecule has 0 saturated heterocycles. The van der Waals surface area contributed by atoms with Crippen LogP contribution in [-0.4, -0.2) is 12.1 Å². The van der Waals surface area contributed by atoms with Crippen molar-refractivity contribution in [1.29, 1.82) is 0 Å². The molecule has 0 aliphatic rings. The quantitative estimate of drug-likeness (QED) is 0.258. The third-order valence-corrected chi connectivity index (χ3v) is 1.24. The van der Waals surface area contributed by atoms with Gasteiger partial charge in [0, 0.05) is 12.8 Å². The molecule has 0 fully saturated rings. The molecule has 0 aliphatic carbocycles. The molecule has 0 rings (SSSR count). The van der Waals surface area contributed by atoms with Crippen molar-refractivity contribution in [3.63, 3.8) is 0 Å². The predicted octanol–water partition coefficient (Wildman–Crippen LogP) is 1.34. The molecule has 0 aromatic heterocycles. The number of rotatable bonds is 5. The summed E-state index contributed by atoms with van der Waals surface area (Å²) in [5.41, 5.74) is 0. The molecule has 0 heterocycles. The standard InChI is InChI=1S/C9H12O2/c1-2-6-9(11)7-4-3-5-8-10/h8H,3-5,7H2,1H3. The Bertz CT molecular complexity index is 183. The lowest BCUT2D eigenvalue weighted by molar-refractivity contribution is -0.114. The van der Waals surface area contributed by atoms with Gasteiger partial charge in [-0.25, -0.2) is 0 Å². The average molecular weight is 152 g/mol. The first kappa shape index (κ1) is 9.90. The van der Waals surface area contributed by atoms with E-state index >= 15 is 0 Å². The monoisotopic (exact) mass is 152 g/mol. The van der Waals surface area contributed by atoms with Gasteiger partial charge in [-0.2, -0.15) is 0 Å². The highest BCUT2D eigenvalue weighted by atomic mass is 16.1. The van der Waals surface area contributed by atoms with Crippen LogP contribution < -0.4 is 0 Å². The van der Waals surface area contributed by atoms with E-state index < -0.39 is 0 Å². The number of unbranched alkanes of at least 4 members (excludes halogenated alkanes) is 2. The van der Waals surface area contributed by atoms with Gasteiger partial charge in [-0.3, -0.25) is 4.79 Å². The van der Waals surface area contributed by atoms with Crippen LogP contribution in [0.25, 0.3) is 0 Å². The molecule has 0 radical (unpaired) electrons. The molecule has 0 aliphatic heterocycles. The first-order chi connectivity index (χ1) is 5.31. The highest BCUT2D eigenvalue weighted by molar-refractivity contribution is 5.95. The third-order valence-electron chi connectivity index (χ3n) is 1.24. The van der Waals surface area contributed by atoms with Gasteiger partial charge < -0.3 is 4.79 Å². The second kappa shape index (κ2) is 7.01. The van der Waals surface area contributed by atoms with Crippen LogP contribution in [-0.2, 0) is 9.59 Å². The van der Waals surface area contributed by atoms with E-state index in [0.717, 1.165) is 19.1 Å². The molecule has 0 aromatic rings. The SMILES string of the molecule is CC#CC(=O)CCCCC=O. The topological polar surface area (TPSA) is 34.1 Å². The number of hydrogen-bond donors (Lipinski definition) is 0. The van der Waals surface area contributed by atoms with Crippen LogP contribution in [0.5, 0.6) is 0 Å². The van der Waals surface area contributed by atoms with Crippen molar-refractivity contribution in [3.8, 4) is 11.8 Å². The van der Waals surface area contributed by atoms with Crippen LogP contribution in [0.2, 0.25) is 0 Å². The van der Waals surface area contributed by atoms with Crippen LogP contribution in [0.4, 0.5) is 0 Å². The van der Waals surface area contributed by atoms with E-state index in [1.165, 1.54) is 0 Å². The Kier molecular flexibility index (Phi) is 6.31. The zero-order valence-corrected chi connectivity index (χ0v) is 6.72. The number of aldehydes is 1. The number of carbonyl (C=O) groups excluding carboxylic acids is 2. The number of Topliss-reactive ketones (excluding diaryl/α,β-unsaturated/α-hetero) is 1. The molecule has 0 amide bonds. The predicted molar refractivity (Wildman–Crippen MR) is 43.0 cm³/mol. The Morgan fingerprint density at radius 2 is 2.18 bits per heavy atom. The maximum Gasteiger partial charge on any atom is 0.205 e. The van der Waals surface area contributed by atoms with Crippen molar-refractivity contribution in [1.82, 2.24) is 0 Å². The third kappa shape index (κ3) is 6.79. The van der Waals surface area contributed by atoms with Crippen molar-refractivity contribution in [2.45, 2.75) is 32.6 Å². The van der Waals surface area contributed by atoms with Crippen molar-refractivity contribution in [2.75, 3.05) is 0 Å². The van der Waals surface area contributed by atoms with Gasteiger partial charge in [-0.05, 0) is 25.7 Å². The second-order valence-electron chi connectivity index (χ2n) is 2.21. The maximum atomic E-state index is 10.7. The van der Waals surface area contributed by atoms with E-state index in [4.69, 9.17) is 0 Å². The Morgan fingerprint density at radius 1 is 1.45 bits per heavy atom. The van der Waals surface area contributed by atoms with Gasteiger partial charge in [0.05, 0.1) is 0 Å². The first-order valence-corrected chi connectivity index (χ1v) is 3.70. The van der Waals surface area contributed by atoms with Gasteiger partial charge in [0.2, 0.25) is 5.78 Å². The Morgan fingerprint density at radius 3 is 2.73 bits per heavy atom. The van der Waals surface area contributed by atoms with Gasteiger partial charge in [-0.1, -0.05) is 5.92 Å². The molecule has 0 saturated carbocycles. The van der Waals surface area contributed by atoms with E-state index in [2.05, 4.69) is 11.8 Å². The summed E-state index contributed by atoms with van der Waals surface area (Å²) in [4.78, 5) is 20.6. The summed E-state index contributed by atoms with van der Waals surface area (Å²) < 4.78 is 0. The number of hydrogen-bond acceptors (Lipinski definition) is 2. The Labute approximate surface area is 67.0 Å². The lowest BCUT2D eigenvalue weighted by Gasteiger charge is -1.90. The van der Waals surface area contributed by atoms with Crippen LogP contribution in [0, 0.1) is 11.8 Å². The minimum atomic E-state index is -0.0293.